The first kappa shape index (κ1) is 20.4. The van der Waals surface area contributed by atoms with Crippen molar-refractivity contribution in [2.45, 2.75) is 18.9 Å². The average Bonchev–Trinajstić information content (AvgIpc) is 3.29. The Hall–Kier alpha value is -2.83. The molecule has 2 aromatic carbocycles. The van der Waals surface area contributed by atoms with Crippen LogP contribution in [-0.2, 0) is 9.53 Å². The molecule has 0 spiro atoms. The minimum atomic E-state index is -0.158. The smallest absolute Gasteiger partial charge is 0.258 e. The second-order valence-electron chi connectivity index (χ2n) is 7.16. The molecule has 1 amide bonds. The van der Waals surface area contributed by atoms with Crippen LogP contribution < -0.4 is 14.8 Å². The molecule has 0 bridgehead atoms. The normalized spacial score (nSPS) is 15.9. The minimum absolute atomic E-state index is 0.0377. The Labute approximate surface area is 180 Å². The number of hydrogen-bond acceptors (Lipinski definition) is 5. The van der Waals surface area contributed by atoms with E-state index < -0.39 is 0 Å². The van der Waals surface area contributed by atoms with Crippen molar-refractivity contribution in [2.75, 3.05) is 26.9 Å². The molecule has 1 fully saturated rings. The van der Waals surface area contributed by atoms with Crippen LogP contribution in [0.25, 0.3) is 21.9 Å². The number of aromatic nitrogens is 1. The lowest BCUT2D eigenvalue weighted by Crippen LogP contribution is -2.35. The Kier molecular flexibility index (Phi) is 6.35. The number of benzene rings is 2. The highest BCUT2D eigenvalue weighted by Crippen LogP contribution is 2.33. The van der Waals surface area contributed by atoms with Crippen molar-refractivity contribution in [1.29, 1.82) is 0 Å². The van der Waals surface area contributed by atoms with Crippen LogP contribution in [-0.4, -0.2) is 43.9 Å². The van der Waals surface area contributed by atoms with Gasteiger partial charge in [0.15, 0.2) is 6.61 Å². The molecule has 1 atom stereocenters. The van der Waals surface area contributed by atoms with E-state index in [1.54, 1.807) is 13.3 Å². The fourth-order valence-electron chi connectivity index (χ4n) is 3.51. The number of methoxy groups -OCH3 is 1. The highest BCUT2D eigenvalue weighted by Gasteiger charge is 2.16. The molecule has 4 rings (SSSR count). The van der Waals surface area contributed by atoms with E-state index in [2.05, 4.69) is 10.3 Å². The van der Waals surface area contributed by atoms with Gasteiger partial charge in [-0.2, -0.15) is 0 Å². The second kappa shape index (κ2) is 9.32. The summed E-state index contributed by atoms with van der Waals surface area (Å²) < 4.78 is 16.6. The van der Waals surface area contributed by atoms with E-state index in [4.69, 9.17) is 25.8 Å². The number of nitrogens with zero attached hydrogens (tertiary/aromatic N) is 1. The molecule has 1 unspecified atom stereocenters. The number of amides is 1. The number of nitrogens with one attached hydrogen (secondary N) is 1. The zero-order chi connectivity index (χ0) is 20.9. The van der Waals surface area contributed by atoms with E-state index in [1.165, 1.54) is 0 Å². The molecule has 7 heteroatoms. The van der Waals surface area contributed by atoms with Gasteiger partial charge in [0.05, 0.1) is 18.2 Å². The molecule has 6 nitrogen and oxygen atoms in total. The Morgan fingerprint density at radius 1 is 1.23 bits per heavy atom. The van der Waals surface area contributed by atoms with Crippen LogP contribution in [0.3, 0.4) is 0 Å². The minimum Gasteiger partial charge on any atom is -0.484 e. The number of hydrogen-bond donors (Lipinski definition) is 1. The van der Waals surface area contributed by atoms with E-state index in [0.717, 1.165) is 41.3 Å². The summed E-state index contributed by atoms with van der Waals surface area (Å²) in [7, 11) is 1.58. The third-order valence-electron chi connectivity index (χ3n) is 5.05. The predicted molar refractivity (Wildman–Crippen MR) is 116 cm³/mol. The summed E-state index contributed by atoms with van der Waals surface area (Å²) in [6.45, 7) is 1.26. The maximum absolute atomic E-state index is 12.1. The van der Waals surface area contributed by atoms with Crippen LogP contribution in [0.2, 0.25) is 5.02 Å². The van der Waals surface area contributed by atoms with Gasteiger partial charge in [0.25, 0.3) is 5.91 Å². The van der Waals surface area contributed by atoms with E-state index in [1.807, 2.05) is 42.5 Å². The zero-order valence-corrected chi connectivity index (χ0v) is 17.4. The third-order valence-corrected chi connectivity index (χ3v) is 5.26. The number of fused-ring (bicyclic) bond motifs is 1. The highest BCUT2D eigenvalue weighted by molar-refractivity contribution is 6.30. The third kappa shape index (κ3) is 4.83. The molecular weight excluding hydrogens is 404 g/mol. The maximum atomic E-state index is 12.1. The molecule has 156 valence electrons. The monoisotopic (exact) mass is 426 g/mol. The molecule has 1 aliphatic heterocycles. The standard InChI is InChI=1S/C23H23ClN2O4/c1-28-23-21(11-18(24)12-26-23)16-5-4-15-6-7-19(10-17(15)9-16)30-14-22(27)25-13-20-3-2-8-29-20/h4-7,9-12,20H,2-3,8,13-14H2,1H3,(H,25,27). The van der Waals surface area contributed by atoms with Crippen LogP contribution in [0.1, 0.15) is 12.8 Å². The number of carbonyl (C=O) groups excluding carboxylic acids is 1. The first-order valence-corrected chi connectivity index (χ1v) is 10.2. The fourth-order valence-corrected chi connectivity index (χ4v) is 3.67. The van der Waals surface area contributed by atoms with Gasteiger partial charge in [-0.1, -0.05) is 29.8 Å². The molecule has 1 aliphatic rings. The second-order valence-corrected chi connectivity index (χ2v) is 7.60. The Balaban J connectivity index is 1.47. The quantitative estimate of drug-likeness (QED) is 0.612. The number of halogens is 1. The van der Waals surface area contributed by atoms with Crippen molar-refractivity contribution in [3.63, 3.8) is 0 Å². The van der Waals surface area contributed by atoms with Crippen molar-refractivity contribution in [3.8, 4) is 22.8 Å². The van der Waals surface area contributed by atoms with Crippen LogP contribution >= 0.6 is 11.6 Å². The summed E-state index contributed by atoms with van der Waals surface area (Å²) in [6, 6.07) is 13.6. The topological polar surface area (TPSA) is 69.7 Å². The van der Waals surface area contributed by atoms with Crippen molar-refractivity contribution < 1.29 is 19.0 Å². The number of ether oxygens (including phenoxy) is 3. The lowest BCUT2D eigenvalue weighted by molar-refractivity contribution is -0.123. The van der Waals surface area contributed by atoms with Gasteiger partial charge >= 0.3 is 0 Å². The van der Waals surface area contributed by atoms with Gasteiger partial charge in [-0.3, -0.25) is 4.79 Å². The summed E-state index contributed by atoms with van der Waals surface area (Å²) in [5, 5.41) is 5.43. The van der Waals surface area contributed by atoms with Crippen molar-refractivity contribution in [3.05, 3.63) is 53.7 Å². The van der Waals surface area contributed by atoms with Crippen molar-refractivity contribution in [2.24, 2.45) is 0 Å². The molecule has 1 aromatic heterocycles. The molecule has 0 aliphatic carbocycles. The Morgan fingerprint density at radius 3 is 2.90 bits per heavy atom. The fraction of sp³-hybridized carbons (Fsp3) is 0.304. The number of rotatable bonds is 7. The van der Waals surface area contributed by atoms with Crippen LogP contribution in [0.15, 0.2) is 48.7 Å². The number of carbonyl (C=O) groups is 1. The van der Waals surface area contributed by atoms with Gasteiger partial charge in [-0.15, -0.1) is 0 Å². The summed E-state index contributed by atoms with van der Waals surface area (Å²) in [6.07, 6.45) is 3.71. The lowest BCUT2D eigenvalue weighted by atomic mass is 10.0. The van der Waals surface area contributed by atoms with Crippen molar-refractivity contribution in [1.82, 2.24) is 10.3 Å². The van der Waals surface area contributed by atoms with E-state index in [9.17, 15) is 4.79 Å². The van der Waals surface area contributed by atoms with Gasteiger partial charge in [0.2, 0.25) is 5.88 Å². The molecule has 30 heavy (non-hydrogen) atoms. The molecular formula is C23H23ClN2O4. The predicted octanol–water partition coefficient (Wildman–Crippen LogP) is 4.24. The van der Waals surface area contributed by atoms with Gasteiger partial charge in [-0.25, -0.2) is 4.98 Å². The summed E-state index contributed by atoms with van der Waals surface area (Å²) >= 11 is 6.12. The summed E-state index contributed by atoms with van der Waals surface area (Å²) in [5.41, 5.74) is 1.74. The first-order valence-electron chi connectivity index (χ1n) is 9.87. The number of pyridine rings is 1. The maximum Gasteiger partial charge on any atom is 0.258 e. The zero-order valence-electron chi connectivity index (χ0n) is 16.7. The molecule has 1 N–H and O–H groups in total. The van der Waals surface area contributed by atoms with Crippen LogP contribution in [0.4, 0.5) is 0 Å². The Morgan fingerprint density at radius 2 is 2.10 bits per heavy atom. The van der Waals surface area contributed by atoms with E-state index in [-0.39, 0.29) is 18.6 Å². The van der Waals surface area contributed by atoms with Gasteiger partial charge in [0.1, 0.15) is 5.75 Å². The van der Waals surface area contributed by atoms with Crippen LogP contribution in [0.5, 0.6) is 11.6 Å². The van der Waals surface area contributed by atoms with Gasteiger partial charge in [0, 0.05) is 24.9 Å². The summed E-state index contributed by atoms with van der Waals surface area (Å²) in [4.78, 5) is 16.3. The first-order chi connectivity index (χ1) is 14.6. The molecule has 1 saturated heterocycles. The summed E-state index contributed by atoms with van der Waals surface area (Å²) in [5.74, 6) is 0.978. The van der Waals surface area contributed by atoms with Gasteiger partial charge < -0.3 is 19.5 Å². The van der Waals surface area contributed by atoms with E-state index >= 15 is 0 Å². The van der Waals surface area contributed by atoms with Crippen molar-refractivity contribution >= 4 is 28.3 Å². The molecule has 2 heterocycles. The lowest BCUT2D eigenvalue weighted by Gasteiger charge is -2.12. The van der Waals surface area contributed by atoms with Crippen LogP contribution in [0, 0.1) is 0 Å². The molecule has 0 saturated carbocycles. The average molecular weight is 427 g/mol. The van der Waals surface area contributed by atoms with Gasteiger partial charge in [-0.05, 0) is 53.4 Å². The SMILES string of the molecule is COc1ncc(Cl)cc1-c1ccc2ccc(OCC(=O)NCC3CCCO3)cc2c1. The molecule has 0 radical (unpaired) electrons. The largest absolute Gasteiger partial charge is 0.484 e. The molecule has 3 aromatic rings. The van der Waals surface area contributed by atoms with E-state index in [0.29, 0.717) is 23.2 Å². The highest BCUT2D eigenvalue weighted by atomic mass is 35.5. The Bertz CT molecular complexity index is 1050.